The molecule has 2 N–H and O–H groups in total. The Balaban J connectivity index is 4.73. The molecule has 5 heteroatoms. The van der Waals surface area contributed by atoms with Crippen molar-refractivity contribution in [3.8, 4) is 0 Å². The summed E-state index contributed by atoms with van der Waals surface area (Å²) in [6.45, 7) is 5.83. The molecule has 2 atom stereocenters. The molecule has 0 spiro atoms. The Morgan fingerprint density at radius 3 is 2.47 bits per heavy atom. The molecule has 0 aliphatic heterocycles. The Hall–Kier alpha value is -0.290. The lowest BCUT2D eigenvalue weighted by molar-refractivity contribution is -0.138. The van der Waals surface area contributed by atoms with Crippen molar-refractivity contribution in [1.82, 2.24) is 4.90 Å². The molecule has 1 amide bonds. The molecule has 100 valence electrons. The molecule has 0 aromatic carbocycles. The molecule has 2 unspecified atom stereocenters. The lowest BCUT2D eigenvalue weighted by Crippen LogP contribution is -2.50. The molecule has 0 radical (unpaired) electrons. The third-order valence-electron chi connectivity index (χ3n) is 3.44. The number of hydrogen-bond donors (Lipinski definition) is 1. The standard InChI is InChI=1S/C12H24N2OS2/c1-6-12(3,10(13)16)11(15)14(4)9(2)7-8-17-5/h9H,6-8H2,1-5H3,(H2,13,16). The summed E-state index contributed by atoms with van der Waals surface area (Å²) in [6.07, 6.45) is 3.70. The van der Waals surface area contributed by atoms with E-state index in [9.17, 15) is 4.79 Å². The van der Waals surface area contributed by atoms with Crippen LogP contribution in [-0.4, -0.2) is 40.9 Å². The number of nitrogens with zero attached hydrogens (tertiary/aromatic N) is 1. The van der Waals surface area contributed by atoms with Gasteiger partial charge < -0.3 is 10.6 Å². The number of nitrogens with two attached hydrogens (primary N) is 1. The fourth-order valence-corrected chi connectivity index (χ4v) is 2.31. The third-order valence-corrected chi connectivity index (χ3v) is 4.54. The van der Waals surface area contributed by atoms with Gasteiger partial charge in [-0.15, -0.1) is 0 Å². The minimum Gasteiger partial charge on any atom is -0.392 e. The van der Waals surface area contributed by atoms with Crippen LogP contribution < -0.4 is 5.73 Å². The molecular weight excluding hydrogens is 252 g/mol. The van der Waals surface area contributed by atoms with Crippen LogP contribution in [0.5, 0.6) is 0 Å². The van der Waals surface area contributed by atoms with Gasteiger partial charge in [-0.2, -0.15) is 11.8 Å². The first-order valence-corrected chi connectivity index (χ1v) is 7.67. The van der Waals surface area contributed by atoms with Crippen LogP contribution in [0.4, 0.5) is 0 Å². The first kappa shape index (κ1) is 16.7. The predicted molar refractivity (Wildman–Crippen MR) is 80.4 cm³/mol. The lowest BCUT2D eigenvalue weighted by Gasteiger charge is -2.34. The number of rotatable bonds is 7. The summed E-state index contributed by atoms with van der Waals surface area (Å²) in [4.78, 5) is 14.5. The normalized spacial score (nSPS) is 16.1. The van der Waals surface area contributed by atoms with Gasteiger partial charge >= 0.3 is 0 Å². The monoisotopic (exact) mass is 276 g/mol. The zero-order valence-corrected chi connectivity index (χ0v) is 13.1. The van der Waals surface area contributed by atoms with Gasteiger partial charge in [0.05, 0.1) is 10.4 Å². The summed E-state index contributed by atoms with van der Waals surface area (Å²) in [5.41, 5.74) is 4.99. The van der Waals surface area contributed by atoms with Crippen molar-refractivity contribution in [1.29, 1.82) is 0 Å². The molecule has 0 aliphatic carbocycles. The number of amides is 1. The van der Waals surface area contributed by atoms with Gasteiger partial charge in [0.2, 0.25) is 5.91 Å². The van der Waals surface area contributed by atoms with Crippen LogP contribution in [0.1, 0.15) is 33.6 Å². The van der Waals surface area contributed by atoms with Crippen LogP contribution in [0.15, 0.2) is 0 Å². The van der Waals surface area contributed by atoms with Gasteiger partial charge in [-0.3, -0.25) is 4.79 Å². The molecule has 0 aromatic rings. The first-order chi connectivity index (χ1) is 7.81. The highest BCUT2D eigenvalue weighted by Gasteiger charge is 2.37. The third kappa shape index (κ3) is 4.14. The molecule has 0 fully saturated rings. The van der Waals surface area contributed by atoms with Gasteiger partial charge in [0.15, 0.2) is 0 Å². The average Bonchev–Trinajstić information content (AvgIpc) is 2.32. The van der Waals surface area contributed by atoms with E-state index in [0.29, 0.717) is 6.42 Å². The van der Waals surface area contributed by atoms with Crippen molar-refractivity contribution >= 4 is 34.9 Å². The summed E-state index contributed by atoms with van der Waals surface area (Å²) in [5, 5.41) is 0. The summed E-state index contributed by atoms with van der Waals surface area (Å²) in [5.74, 6) is 1.08. The van der Waals surface area contributed by atoms with Crippen molar-refractivity contribution in [2.75, 3.05) is 19.1 Å². The lowest BCUT2D eigenvalue weighted by atomic mass is 9.85. The molecule has 0 saturated carbocycles. The number of thioether (sulfide) groups is 1. The molecule has 17 heavy (non-hydrogen) atoms. The second kappa shape index (κ2) is 7.21. The maximum atomic E-state index is 12.4. The van der Waals surface area contributed by atoms with Gasteiger partial charge in [0.25, 0.3) is 0 Å². The van der Waals surface area contributed by atoms with E-state index in [1.165, 1.54) is 0 Å². The quantitative estimate of drug-likeness (QED) is 0.725. The van der Waals surface area contributed by atoms with Gasteiger partial charge in [0, 0.05) is 13.1 Å². The SMILES string of the molecule is CCC(C)(C(=O)N(C)C(C)CCSC)C(N)=S. The summed E-state index contributed by atoms with van der Waals surface area (Å²) in [7, 11) is 1.83. The van der Waals surface area contributed by atoms with Crippen LogP contribution in [0.3, 0.4) is 0 Å². The molecule has 0 bridgehead atoms. The van der Waals surface area contributed by atoms with Crippen molar-refractivity contribution in [2.45, 2.75) is 39.7 Å². The number of carbonyl (C=O) groups excluding carboxylic acids is 1. The van der Waals surface area contributed by atoms with Crippen LogP contribution in [0.2, 0.25) is 0 Å². The molecule has 0 rings (SSSR count). The van der Waals surface area contributed by atoms with E-state index in [0.717, 1.165) is 12.2 Å². The predicted octanol–water partition coefficient (Wildman–Crippen LogP) is 2.29. The molecule has 0 heterocycles. The van der Waals surface area contributed by atoms with E-state index in [1.54, 1.807) is 16.7 Å². The molecule has 0 saturated heterocycles. The van der Waals surface area contributed by atoms with Crippen molar-refractivity contribution in [3.05, 3.63) is 0 Å². The van der Waals surface area contributed by atoms with Crippen molar-refractivity contribution in [2.24, 2.45) is 11.1 Å². The highest BCUT2D eigenvalue weighted by atomic mass is 32.2. The molecule has 0 aromatic heterocycles. The van der Waals surface area contributed by atoms with Crippen LogP contribution >= 0.6 is 24.0 Å². The first-order valence-electron chi connectivity index (χ1n) is 5.87. The minimum absolute atomic E-state index is 0.0288. The second-order valence-corrected chi connectivity index (χ2v) is 6.02. The second-order valence-electron chi connectivity index (χ2n) is 4.60. The van der Waals surface area contributed by atoms with Crippen LogP contribution in [0.25, 0.3) is 0 Å². The maximum absolute atomic E-state index is 12.4. The summed E-state index contributed by atoms with van der Waals surface area (Å²) < 4.78 is 0. The number of hydrogen-bond acceptors (Lipinski definition) is 3. The van der Waals surface area contributed by atoms with E-state index >= 15 is 0 Å². The fraction of sp³-hybridized carbons (Fsp3) is 0.833. The largest absolute Gasteiger partial charge is 0.392 e. The Kier molecular flexibility index (Phi) is 7.09. The Morgan fingerprint density at radius 2 is 2.12 bits per heavy atom. The topological polar surface area (TPSA) is 46.3 Å². The van der Waals surface area contributed by atoms with E-state index in [4.69, 9.17) is 18.0 Å². The van der Waals surface area contributed by atoms with E-state index in [1.807, 2.05) is 20.9 Å². The van der Waals surface area contributed by atoms with E-state index < -0.39 is 5.41 Å². The minimum atomic E-state index is -0.711. The van der Waals surface area contributed by atoms with Crippen molar-refractivity contribution in [3.63, 3.8) is 0 Å². The zero-order chi connectivity index (χ0) is 13.6. The Morgan fingerprint density at radius 1 is 1.59 bits per heavy atom. The summed E-state index contributed by atoms with van der Waals surface area (Å²) >= 11 is 6.82. The van der Waals surface area contributed by atoms with E-state index in [-0.39, 0.29) is 16.9 Å². The highest BCUT2D eigenvalue weighted by Crippen LogP contribution is 2.25. The Bertz CT molecular complexity index is 284. The van der Waals surface area contributed by atoms with Crippen LogP contribution in [-0.2, 0) is 4.79 Å². The molecule has 3 nitrogen and oxygen atoms in total. The Labute approximate surface area is 114 Å². The fourth-order valence-electron chi connectivity index (χ4n) is 1.50. The van der Waals surface area contributed by atoms with Gasteiger partial charge in [-0.05, 0) is 38.7 Å². The number of carbonyl (C=O) groups is 1. The molecule has 0 aliphatic rings. The zero-order valence-electron chi connectivity index (χ0n) is 11.4. The highest BCUT2D eigenvalue weighted by molar-refractivity contribution is 7.98. The van der Waals surface area contributed by atoms with E-state index in [2.05, 4.69) is 13.2 Å². The number of thiocarbonyl (C=S) groups is 1. The van der Waals surface area contributed by atoms with Crippen LogP contribution in [0, 0.1) is 5.41 Å². The average molecular weight is 276 g/mol. The van der Waals surface area contributed by atoms with Crippen molar-refractivity contribution < 1.29 is 4.79 Å². The summed E-state index contributed by atoms with van der Waals surface area (Å²) in [6, 6.07) is 0.218. The van der Waals surface area contributed by atoms with Gasteiger partial charge in [-0.25, -0.2) is 0 Å². The molecular formula is C12H24N2OS2. The van der Waals surface area contributed by atoms with Gasteiger partial charge in [-0.1, -0.05) is 19.1 Å². The van der Waals surface area contributed by atoms with Gasteiger partial charge in [0.1, 0.15) is 0 Å². The maximum Gasteiger partial charge on any atom is 0.235 e. The smallest absolute Gasteiger partial charge is 0.235 e.